The molecule has 3 atom stereocenters. The Morgan fingerprint density at radius 3 is 2.23 bits per heavy atom. The molecule has 0 N–H and O–H groups in total. The summed E-state index contributed by atoms with van der Waals surface area (Å²) in [6, 6.07) is 15.7. The van der Waals surface area contributed by atoms with Crippen molar-refractivity contribution in [2.45, 2.75) is 69.7 Å². The lowest BCUT2D eigenvalue weighted by Gasteiger charge is -2.40. The van der Waals surface area contributed by atoms with E-state index < -0.39 is 0 Å². The van der Waals surface area contributed by atoms with E-state index in [2.05, 4.69) is 35.2 Å². The van der Waals surface area contributed by atoms with Crippen molar-refractivity contribution < 1.29 is 9.53 Å². The topological polar surface area (TPSA) is 32.8 Å². The Morgan fingerprint density at radius 1 is 0.829 bits per heavy atom. The summed E-state index contributed by atoms with van der Waals surface area (Å²) in [4.78, 5) is 17.7. The van der Waals surface area contributed by atoms with Crippen LogP contribution in [-0.2, 0) is 0 Å². The standard InChI is InChI=1S/C31H40N2O2/c1-35-30-12-11-26(23-7-9-25(10-8-23)31(34)33-15-3-2-4-16-33)21-28(30)24-13-17-32(18-14-24)29-20-22-5-6-27(29)19-22/h7-12,21-22,24,27,29H,2-6,13-20H2,1H3/t22-,27-,29-/m0/s1. The van der Waals surface area contributed by atoms with Crippen LogP contribution in [0.15, 0.2) is 42.5 Å². The number of benzene rings is 2. The van der Waals surface area contributed by atoms with E-state index in [0.717, 1.165) is 55.1 Å². The zero-order valence-electron chi connectivity index (χ0n) is 21.3. The number of likely N-dealkylation sites (tertiary alicyclic amines) is 2. The lowest BCUT2D eigenvalue weighted by molar-refractivity contribution is 0.0724. The van der Waals surface area contributed by atoms with Crippen LogP contribution in [0.25, 0.3) is 11.1 Å². The Kier molecular flexibility index (Phi) is 6.58. The van der Waals surface area contributed by atoms with Gasteiger partial charge in [-0.05, 0) is 123 Å². The van der Waals surface area contributed by atoms with Crippen molar-refractivity contribution >= 4 is 5.91 Å². The molecule has 6 rings (SSSR count). The highest BCUT2D eigenvalue weighted by Gasteiger charge is 2.43. The average molecular weight is 473 g/mol. The number of hydrogen-bond acceptors (Lipinski definition) is 3. The first-order valence-electron chi connectivity index (χ1n) is 14.0. The molecule has 0 radical (unpaired) electrons. The maximum atomic E-state index is 12.9. The number of rotatable bonds is 5. The molecule has 35 heavy (non-hydrogen) atoms. The first kappa shape index (κ1) is 23.1. The SMILES string of the molecule is COc1ccc(-c2ccc(C(=O)N3CCCCC3)cc2)cc1C1CCN([C@H]2C[C@H]3CC[C@H]2C3)CC1. The number of amides is 1. The van der Waals surface area contributed by atoms with E-state index >= 15 is 0 Å². The normalized spacial score (nSPS) is 27.3. The highest BCUT2D eigenvalue weighted by molar-refractivity contribution is 5.94. The number of nitrogens with zero attached hydrogens (tertiary/aromatic N) is 2. The van der Waals surface area contributed by atoms with E-state index in [9.17, 15) is 4.79 Å². The number of carbonyl (C=O) groups is 1. The Labute approximate surface area is 210 Å². The molecule has 2 aromatic carbocycles. The summed E-state index contributed by atoms with van der Waals surface area (Å²) in [6.07, 6.45) is 11.8. The molecule has 2 saturated heterocycles. The molecule has 0 aromatic heterocycles. The second kappa shape index (κ2) is 9.97. The largest absolute Gasteiger partial charge is 0.496 e. The second-order valence-corrected chi connectivity index (χ2v) is 11.4. The van der Waals surface area contributed by atoms with E-state index in [4.69, 9.17) is 4.74 Å². The molecule has 2 aromatic rings. The van der Waals surface area contributed by atoms with E-state index in [0.29, 0.717) is 5.92 Å². The highest BCUT2D eigenvalue weighted by atomic mass is 16.5. The maximum Gasteiger partial charge on any atom is 0.253 e. The van der Waals surface area contributed by atoms with Crippen LogP contribution in [0, 0.1) is 11.8 Å². The van der Waals surface area contributed by atoms with E-state index in [-0.39, 0.29) is 5.91 Å². The fraction of sp³-hybridized carbons (Fsp3) is 0.581. The molecule has 4 fully saturated rings. The summed E-state index contributed by atoms with van der Waals surface area (Å²) in [5.74, 6) is 3.73. The van der Waals surface area contributed by atoms with Crippen molar-refractivity contribution in [1.29, 1.82) is 0 Å². The van der Waals surface area contributed by atoms with E-state index in [1.54, 1.807) is 7.11 Å². The van der Waals surface area contributed by atoms with Gasteiger partial charge in [-0.1, -0.05) is 24.6 Å². The Bertz CT molecular complexity index is 1030. The van der Waals surface area contributed by atoms with Crippen LogP contribution in [0.2, 0.25) is 0 Å². The number of fused-ring (bicyclic) bond motifs is 2. The molecule has 2 heterocycles. The number of methoxy groups -OCH3 is 1. The van der Waals surface area contributed by atoms with Crippen LogP contribution in [0.5, 0.6) is 5.75 Å². The quantitative estimate of drug-likeness (QED) is 0.508. The number of carbonyl (C=O) groups excluding carboxylic acids is 1. The summed E-state index contributed by atoms with van der Waals surface area (Å²) < 4.78 is 5.81. The van der Waals surface area contributed by atoms with Crippen molar-refractivity contribution in [2.75, 3.05) is 33.3 Å². The summed E-state index contributed by atoms with van der Waals surface area (Å²) >= 11 is 0. The van der Waals surface area contributed by atoms with Gasteiger partial charge >= 0.3 is 0 Å². The molecular weight excluding hydrogens is 432 g/mol. The van der Waals surface area contributed by atoms with Crippen LogP contribution in [0.4, 0.5) is 0 Å². The predicted octanol–water partition coefficient (Wildman–Crippen LogP) is 6.36. The number of piperidine rings is 2. The molecule has 4 heteroatoms. The Hall–Kier alpha value is -2.33. The minimum atomic E-state index is 0.175. The Balaban J connectivity index is 1.15. The lowest BCUT2D eigenvalue weighted by atomic mass is 9.85. The number of hydrogen-bond donors (Lipinski definition) is 0. The van der Waals surface area contributed by atoms with E-state index in [1.165, 1.54) is 74.7 Å². The first-order valence-corrected chi connectivity index (χ1v) is 14.0. The molecule has 2 bridgehead atoms. The molecule has 4 nitrogen and oxygen atoms in total. The molecule has 2 aliphatic heterocycles. The zero-order valence-corrected chi connectivity index (χ0v) is 21.3. The Morgan fingerprint density at radius 2 is 1.57 bits per heavy atom. The van der Waals surface area contributed by atoms with Crippen LogP contribution in [0.1, 0.15) is 79.6 Å². The fourth-order valence-corrected chi connectivity index (χ4v) is 7.52. The van der Waals surface area contributed by atoms with Gasteiger partial charge in [-0.25, -0.2) is 0 Å². The van der Waals surface area contributed by atoms with Crippen molar-refractivity contribution in [2.24, 2.45) is 11.8 Å². The summed E-state index contributed by atoms with van der Waals surface area (Å²) in [5, 5.41) is 0. The zero-order chi connectivity index (χ0) is 23.8. The lowest BCUT2D eigenvalue weighted by Crippen LogP contribution is -2.43. The highest BCUT2D eigenvalue weighted by Crippen LogP contribution is 2.48. The smallest absolute Gasteiger partial charge is 0.253 e. The van der Waals surface area contributed by atoms with Crippen LogP contribution in [-0.4, -0.2) is 55.0 Å². The van der Waals surface area contributed by atoms with Gasteiger partial charge in [0.05, 0.1) is 7.11 Å². The van der Waals surface area contributed by atoms with Crippen LogP contribution >= 0.6 is 0 Å². The van der Waals surface area contributed by atoms with Gasteiger partial charge < -0.3 is 14.5 Å². The van der Waals surface area contributed by atoms with Crippen molar-refractivity contribution in [1.82, 2.24) is 9.80 Å². The molecule has 0 unspecified atom stereocenters. The molecule has 2 aliphatic carbocycles. The minimum Gasteiger partial charge on any atom is -0.496 e. The van der Waals surface area contributed by atoms with Crippen molar-refractivity contribution in [3.63, 3.8) is 0 Å². The van der Waals surface area contributed by atoms with Crippen LogP contribution in [0.3, 0.4) is 0 Å². The first-order chi connectivity index (χ1) is 17.2. The third-order valence-corrected chi connectivity index (χ3v) is 9.48. The van der Waals surface area contributed by atoms with Gasteiger partial charge in [0, 0.05) is 24.7 Å². The van der Waals surface area contributed by atoms with Gasteiger partial charge in [-0.2, -0.15) is 0 Å². The van der Waals surface area contributed by atoms with Gasteiger partial charge in [0.15, 0.2) is 0 Å². The fourth-order valence-electron chi connectivity index (χ4n) is 7.52. The second-order valence-electron chi connectivity index (χ2n) is 11.4. The van der Waals surface area contributed by atoms with Crippen LogP contribution < -0.4 is 4.74 Å². The van der Waals surface area contributed by atoms with Gasteiger partial charge in [0.2, 0.25) is 0 Å². The maximum absolute atomic E-state index is 12.9. The predicted molar refractivity (Wildman–Crippen MR) is 141 cm³/mol. The molecular formula is C31H40N2O2. The van der Waals surface area contributed by atoms with Crippen molar-refractivity contribution in [3.05, 3.63) is 53.6 Å². The van der Waals surface area contributed by atoms with Gasteiger partial charge in [-0.15, -0.1) is 0 Å². The van der Waals surface area contributed by atoms with Gasteiger partial charge in [-0.3, -0.25) is 4.79 Å². The third-order valence-electron chi connectivity index (χ3n) is 9.48. The summed E-state index contributed by atoms with van der Waals surface area (Å²) in [6.45, 7) is 4.23. The molecule has 1 amide bonds. The van der Waals surface area contributed by atoms with Gasteiger partial charge in [0.25, 0.3) is 5.91 Å². The summed E-state index contributed by atoms with van der Waals surface area (Å²) in [7, 11) is 1.80. The average Bonchev–Trinajstić information content (AvgIpc) is 3.57. The molecule has 186 valence electrons. The minimum absolute atomic E-state index is 0.175. The molecule has 0 spiro atoms. The molecule has 4 aliphatic rings. The third kappa shape index (κ3) is 4.62. The van der Waals surface area contributed by atoms with Crippen molar-refractivity contribution in [3.8, 4) is 16.9 Å². The number of ether oxygens (including phenoxy) is 1. The summed E-state index contributed by atoms with van der Waals surface area (Å²) in [5.41, 5.74) is 4.54. The van der Waals surface area contributed by atoms with E-state index in [1.807, 2.05) is 17.0 Å². The van der Waals surface area contributed by atoms with Gasteiger partial charge in [0.1, 0.15) is 5.75 Å². The molecule has 2 saturated carbocycles. The monoisotopic (exact) mass is 472 g/mol.